The highest BCUT2D eigenvalue weighted by Gasteiger charge is 2.10. The van der Waals surface area contributed by atoms with Crippen molar-refractivity contribution >= 4 is 0 Å². The summed E-state index contributed by atoms with van der Waals surface area (Å²) in [4.78, 5) is 0. The zero-order valence-corrected chi connectivity index (χ0v) is 8.99. The van der Waals surface area contributed by atoms with Crippen LogP contribution >= 0.6 is 0 Å². The Morgan fingerprint density at radius 3 is 2.59 bits per heavy atom. The second kappa shape index (κ2) is 6.44. The third-order valence-electron chi connectivity index (χ3n) is 2.14. The van der Waals surface area contributed by atoms with Crippen molar-refractivity contribution in [1.82, 2.24) is 0 Å². The molecule has 0 aliphatic carbocycles. The van der Waals surface area contributed by atoms with Crippen molar-refractivity contribution < 1.29 is 13.5 Å². The van der Waals surface area contributed by atoms with Crippen LogP contribution in [0.25, 0.3) is 0 Å². The fourth-order valence-electron chi connectivity index (χ4n) is 1.40. The van der Waals surface area contributed by atoms with Gasteiger partial charge in [0.15, 0.2) is 0 Å². The predicted molar refractivity (Wildman–Crippen MR) is 56.3 cm³/mol. The van der Waals surface area contributed by atoms with Gasteiger partial charge in [-0.3, -0.25) is 0 Å². The normalized spacial score (nSPS) is 9.71. The maximum atomic E-state index is 12.2. The molecule has 0 atom stereocenters. The Morgan fingerprint density at radius 1 is 1.24 bits per heavy atom. The minimum Gasteiger partial charge on any atom is -0.435 e. The van der Waals surface area contributed by atoms with E-state index in [1.165, 1.54) is 6.07 Å². The molecule has 0 saturated carbocycles. The van der Waals surface area contributed by atoms with Crippen LogP contribution in [-0.4, -0.2) is 6.61 Å². The highest BCUT2D eigenvalue weighted by molar-refractivity contribution is 5.39. The molecule has 0 bridgehead atoms. The van der Waals surface area contributed by atoms with E-state index in [1.807, 2.05) is 12.1 Å². The van der Waals surface area contributed by atoms with E-state index in [0.29, 0.717) is 17.5 Å². The van der Waals surface area contributed by atoms with Gasteiger partial charge in [-0.15, -0.1) is 0 Å². The number of hydrogen-bond donors (Lipinski definition) is 0. The molecule has 0 unspecified atom stereocenters. The molecule has 0 radical (unpaired) electrons. The third kappa shape index (κ3) is 4.08. The molecule has 3 nitrogen and oxygen atoms in total. The first-order valence-corrected chi connectivity index (χ1v) is 4.98. The topological polar surface area (TPSA) is 56.8 Å². The summed E-state index contributed by atoms with van der Waals surface area (Å²) in [7, 11) is 0. The second-order valence-electron chi connectivity index (χ2n) is 3.31. The Bertz CT molecular complexity index is 461. The maximum Gasteiger partial charge on any atom is 0.387 e. The number of halogens is 2. The molecule has 1 rings (SSSR count). The number of alkyl halides is 2. The predicted octanol–water partition coefficient (Wildman–Crippen LogP) is 2.81. The van der Waals surface area contributed by atoms with Gasteiger partial charge in [-0.25, -0.2) is 0 Å². The molecule has 1 aromatic rings. The van der Waals surface area contributed by atoms with Crippen LogP contribution in [0.4, 0.5) is 8.78 Å². The summed E-state index contributed by atoms with van der Waals surface area (Å²) < 4.78 is 28.8. The average Bonchev–Trinajstić information content (AvgIpc) is 2.28. The van der Waals surface area contributed by atoms with Crippen molar-refractivity contribution in [2.75, 3.05) is 0 Å². The van der Waals surface area contributed by atoms with Crippen molar-refractivity contribution in [2.45, 2.75) is 25.9 Å². The zero-order valence-electron chi connectivity index (χ0n) is 8.99. The van der Waals surface area contributed by atoms with Gasteiger partial charge in [-0.2, -0.15) is 19.3 Å². The number of ether oxygens (including phenoxy) is 1. The Hall–Kier alpha value is -2.14. The molecule has 0 N–H and O–H groups in total. The number of nitriles is 2. The number of hydrogen-bond acceptors (Lipinski definition) is 3. The van der Waals surface area contributed by atoms with Crippen LogP contribution in [0.3, 0.4) is 0 Å². The summed E-state index contributed by atoms with van der Waals surface area (Å²) >= 11 is 0. The number of rotatable bonds is 5. The quantitative estimate of drug-likeness (QED) is 0.789. The van der Waals surface area contributed by atoms with Gasteiger partial charge in [-0.1, -0.05) is 12.1 Å². The first-order chi connectivity index (χ1) is 8.17. The fourth-order valence-corrected chi connectivity index (χ4v) is 1.40. The van der Waals surface area contributed by atoms with Crippen molar-refractivity contribution in [3.8, 4) is 17.9 Å². The van der Waals surface area contributed by atoms with E-state index in [2.05, 4.69) is 4.74 Å². The van der Waals surface area contributed by atoms with E-state index in [1.54, 1.807) is 12.1 Å². The van der Waals surface area contributed by atoms with E-state index in [4.69, 9.17) is 10.5 Å². The molecule has 0 aliphatic heterocycles. The molecule has 0 fully saturated rings. The third-order valence-corrected chi connectivity index (χ3v) is 2.14. The molecule has 17 heavy (non-hydrogen) atoms. The highest BCUT2D eigenvalue weighted by atomic mass is 19.3. The molecule has 0 aromatic heterocycles. The van der Waals surface area contributed by atoms with Crippen LogP contribution in [0.5, 0.6) is 5.75 Å². The van der Waals surface area contributed by atoms with Crippen LogP contribution in [-0.2, 0) is 12.8 Å². The SMILES string of the molecule is N#CCCc1ccc(CC#N)cc1OC(F)F. The van der Waals surface area contributed by atoms with Gasteiger partial charge in [-0.05, 0) is 23.6 Å². The van der Waals surface area contributed by atoms with E-state index < -0.39 is 6.61 Å². The van der Waals surface area contributed by atoms with Gasteiger partial charge < -0.3 is 4.74 Å². The van der Waals surface area contributed by atoms with Crippen molar-refractivity contribution in [3.05, 3.63) is 29.3 Å². The van der Waals surface area contributed by atoms with Crippen LogP contribution < -0.4 is 4.74 Å². The highest BCUT2D eigenvalue weighted by Crippen LogP contribution is 2.24. The second-order valence-corrected chi connectivity index (χ2v) is 3.31. The van der Waals surface area contributed by atoms with Crippen LogP contribution in [0.2, 0.25) is 0 Å². The zero-order chi connectivity index (χ0) is 12.7. The van der Waals surface area contributed by atoms with Gasteiger partial charge in [0.25, 0.3) is 0 Å². The minimum absolute atomic E-state index is 0.0444. The Balaban J connectivity index is 2.95. The van der Waals surface area contributed by atoms with Gasteiger partial charge in [0.1, 0.15) is 5.75 Å². The lowest BCUT2D eigenvalue weighted by Crippen LogP contribution is -2.05. The Kier molecular flexibility index (Phi) is 4.90. The van der Waals surface area contributed by atoms with Gasteiger partial charge >= 0.3 is 6.61 Å². The van der Waals surface area contributed by atoms with E-state index >= 15 is 0 Å². The van der Waals surface area contributed by atoms with E-state index in [9.17, 15) is 8.78 Å². The summed E-state index contributed by atoms with van der Waals surface area (Å²) in [6, 6.07) is 8.58. The van der Waals surface area contributed by atoms with Crippen molar-refractivity contribution in [1.29, 1.82) is 10.5 Å². The van der Waals surface area contributed by atoms with Crippen LogP contribution in [0, 0.1) is 22.7 Å². The van der Waals surface area contributed by atoms with Crippen LogP contribution in [0.15, 0.2) is 18.2 Å². The molecule has 88 valence electrons. The smallest absolute Gasteiger partial charge is 0.387 e. The summed E-state index contributed by atoms with van der Waals surface area (Å²) in [5.74, 6) is 0.0444. The molecule has 5 heteroatoms. The largest absolute Gasteiger partial charge is 0.435 e. The molecule has 0 amide bonds. The van der Waals surface area contributed by atoms with E-state index in [-0.39, 0.29) is 18.6 Å². The van der Waals surface area contributed by atoms with Gasteiger partial charge in [0.05, 0.1) is 18.6 Å². The lowest BCUT2D eigenvalue weighted by Gasteiger charge is -2.10. The molecule has 0 spiro atoms. The molecule has 0 aliphatic rings. The lowest BCUT2D eigenvalue weighted by atomic mass is 10.0. The van der Waals surface area contributed by atoms with E-state index in [0.717, 1.165) is 0 Å². The standard InChI is InChI=1S/C12H10F2N2O/c13-12(14)17-11-8-9(5-7-16)3-4-10(11)2-1-6-15/h3-4,8,12H,1-2,5H2. The summed E-state index contributed by atoms with van der Waals surface area (Å²) in [6.07, 6.45) is 0.723. The summed E-state index contributed by atoms with van der Waals surface area (Å²) in [5.41, 5.74) is 1.16. The number of benzene rings is 1. The first kappa shape index (κ1) is 12.9. The Morgan fingerprint density at radius 2 is 2.00 bits per heavy atom. The number of nitrogens with zero attached hydrogens (tertiary/aromatic N) is 2. The molecule has 0 saturated heterocycles. The maximum absolute atomic E-state index is 12.2. The first-order valence-electron chi connectivity index (χ1n) is 4.98. The van der Waals surface area contributed by atoms with Crippen molar-refractivity contribution in [2.24, 2.45) is 0 Å². The molecule has 0 heterocycles. The lowest BCUT2D eigenvalue weighted by molar-refractivity contribution is -0.0504. The van der Waals surface area contributed by atoms with Gasteiger partial charge in [0.2, 0.25) is 0 Å². The minimum atomic E-state index is -2.91. The monoisotopic (exact) mass is 236 g/mol. The molecular weight excluding hydrogens is 226 g/mol. The number of aryl methyl sites for hydroxylation is 1. The molecule has 1 aromatic carbocycles. The average molecular weight is 236 g/mol. The summed E-state index contributed by atoms with van der Waals surface area (Å²) in [5, 5.41) is 17.0. The molecular formula is C12H10F2N2O. The van der Waals surface area contributed by atoms with Gasteiger partial charge in [0, 0.05) is 6.42 Å². The Labute approximate surface area is 97.9 Å². The fraction of sp³-hybridized carbons (Fsp3) is 0.333. The van der Waals surface area contributed by atoms with Crippen molar-refractivity contribution in [3.63, 3.8) is 0 Å². The van der Waals surface area contributed by atoms with Crippen LogP contribution in [0.1, 0.15) is 17.5 Å². The summed E-state index contributed by atoms with van der Waals surface area (Å²) in [6.45, 7) is -2.91.